The van der Waals surface area contributed by atoms with Gasteiger partial charge in [0.25, 0.3) is 17.2 Å². The van der Waals surface area contributed by atoms with E-state index in [1.807, 2.05) is 30.3 Å². The summed E-state index contributed by atoms with van der Waals surface area (Å²) in [5.41, 5.74) is 4.15. The Balaban J connectivity index is 2.30. The molecule has 9 nitrogen and oxygen atoms in total. The fourth-order valence-corrected chi connectivity index (χ4v) is 2.44. The van der Waals surface area contributed by atoms with Gasteiger partial charge in [0.1, 0.15) is 12.1 Å². The van der Waals surface area contributed by atoms with E-state index < -0.39 is 40.1 Å². The van der Waals surface area contributed by atoms with Crippen LogP contribution in [0, 0.1) is 10.1 Å². The van der Waals surface area contributed by atoms with Gasteiger partial charge < -0.3 is 10.6 Å². The number of likely N-dealkylation sites (N-methyl/N-ethyl adjacent to an activating group) is 1. The van der Waals surface area contributed by atoms with E-state index in [2.05, 4.69) is 0 Å². The molecule has 0 saturated heterocycles. The first-order chi connectivity index (χ1) is 12.3. The van der Waals surface area contributed by atoms with E-state index >= 15 is 0 Å². The summed E-state index contributed by atoms with van der Waals surface area (Å²) in [6.07, 6.45) is 0.934. The molecule has 0 radical (unpaired) electrons. The van der Waals surface area contributed by atoms with Crippen LogP contribution in [0.25, 0.3) is 0 Å². The normalized spacial score (nSPS) is 10.3. The molecule has 9 heteroatoms. The molecule has 0 aliphatic carbocycles. The van der Waals surface area contributed by atoms with Crippen LogP contribution >= 0.6 is 0 Å². The maximum Gasteiger partial charge on any atom is 0.286 e. The fourth-order valence-electron chi connectivity index (χ4n) is 2.44. The molecule has 0 spiro atoms. The first-order valence-electron chi connectivity index (χ1n) is 7.83. The van der Waals surface area contributed by atoms with Gasteiger partial charge in [-0.1, -0.05) is 30.3 Å². The number of hydrogen-bond acceptors (Lipinski definition) is 5. The SMILES string of the molecule is CCN(Cc1ccccc1)C(=O)Cn1cc([N+](=O)[O-])cc(C(N)=O)c1=O. The van der Waals surface area contributed by atoms with Crippen molar-refractivity contribution in [1.29, 1.82) is 0 Å². The number of nitrogens with zero attached hydrogens (tertiary/aromatic N) is 3. The van der Waals surface area contributed by atoms with Gasteiger partial charge in [-0.25, -0.2) is 0 Å². The number of aromatic nitrogens is 1. The molecule has 1 aromatic carbocycles. The first kappa shape index (κ1) is 18.8. The van der Waals surface area contributed by atoms with Crippen molar-refractivity contribution in [3.63, 3.8) is 0 Å². The van der Waals surface area contributed by atoms with Crippen molar-refractivity contribution in [2.24, 2.45) is 5.73 Å². The number of primary amides is 1. The maximum absolute atomic E-state index is 12.5. The molecular formula is C17H18N4O5. The van der Waals surface area contributed by atoms with Crippen molar-refractivity contribution >= 4 is 17.5 Å². The minimum Gasteiger partial charge on any atom is -0.365 e. The standard InChI is InChI=1S/C17H18N4O5/c1-2-19(9-12-6-4-3-5-7-12)15(22)11-20-10-13(21(25)26)8-14(16(18)23)17(20)24/h3-8,10H,2,9,11H2,1H3,(H2,18,23). The van der Waals surface area contributed by atoms with Gasteiger partial charge in [-0.3, -0.25) is 29.1 Å². The topological polar surface area (TPSA) is 129 Å². The lowest BCUT2D eigenvalue weighted by Gasteiger charge is -2.21. The van der Waals surface area contributed by atoms with Gasteiger partial charge in [0.15, 0.2) is 0 Å². The predicted octanol–water partition coefficient (Wildman–Crippen LogP) is 0.904. The molecule has 0 atom stereocenters. The van der Waals surface area contributed by atoms with Crippen molar-refractivity contribution in [1.82, 2.24) is 9.47 Å². The monoisotopic (exact) mass is 358 g/mol. The minimum absolute atomic E-state index is 0.336. The molecule has 0 saturated carbocycles. The van der Waals surface area contributed by atoms with Crippen LogP contribution < -0.4 is 11.3 Å². The Bertz CT molecular complexity index is 892. The summed E-state index contributed by atoms with van der Waals surface area (Å²) in [6.45, 7) is 2.08. The van der Waals surface area contributed by atoms with E-state index in [1.165, 1.54) is 4.90 Å². The molecule has 0 aliphatic rings. The molecule has 2 aromatic rings. The van der Waals surface area contributed by atoms with Crippen molar-refractivity contribution in [2.75, 3.05) is 6.54 Å². The molecule has 136 valence electrons. The Morgan fingerprint density at radius 1 is 1.27 bits per heavy atom. The number of amides is 2. The van der Waals surface area contributed by atoms with Crippen LogP contribution in [-0.4, -0.2) is 32.7 Å². The lowest BCUT2D eigenvalue weighted by molar-refractivity contribution is -0.385. The summed E-state index contributed by atoms with van der Waals surface area (Å²) >= 11 is 0. The van der Waals surface area contributed by atoms with Gasteiger partial charge in [-0.2, -0.15) is 0 Å². The zero-order valence-electron chi connectivity index (χ0n) is 14.1. The lowest BCUT2D eigenvalue weighted by atomic mass is 10.2. The molecular weight excluding hydrogens is 340 g/mol. The second kappa shape index (κ2) is 8.06. The molecule has 0 aliphatic heterocycles. The van der Waals surface area contributed by atoms with Crippen LogP contribution in [0.2, 0.25) is 0 Å². The van der Waals surface area contributed by atoms with Gasteiger partial charge in [0, 0.05) is 19.2 Å². The van der Waals surface area contributed by atoms with Crippen LogP contribution in [0.1, 0.15) is 22.8 Å². The van der Waals surface area contributed by atoms with Crippen LogP contribution in [0.5, 0.6) is 0 Å². The zero-order valence-corrected chi connectivity index (χ0v) is 14.1. The maximum atomic E-state index is 12.5. The Hall–Kier alpha value is -3.49. The fraction of sp³-hybridized carbons (Fsp3) is 0.235. The van der Waals surface area contributed by atoms with E-state index in [0.29, 0.717) is 13.1 Å². The Labute approximate surface area is 148 Å². The third kappa shape index (κ3) is 4.32. The molecule has 2 rings (SSSR count). The number of carbonyl (C=O) groups excluding carboxylic acids is 2. The summed E-state index contributed by atoms with van der Waals surface area (Å²) in [5, 5.41) is 11.0. The second-order valence-corrected chi connectivity index (χ2v) is 5.56. The highest BCUT2D eigenvalue weighted by atomic mass is 16.6. The van der Waals surface area contributed by atoms with Gasteiger partial charge in [0.2, 0.25) is 5.91 Å². The Morgan fingerprint density at radius 3 is 2.46 bits per heavy atom. The molecule has 0 fully saturated rings. The summed E-state index contributed by atoms with van der Waals surface area (Å²) in [7, 11) is 0. The van der Waals surface area contributed by atoms with Gasteiger partial charge >= 0.3 is 0 Å². The lowest BCUT2D eigenvalue weighted by Crippen LogP contribution is -2.37. The largest absolute Gasteiger partial charge is 0.365 e. The van der Waals surface area contributed by atoms with Crippen molar-refractivity contribution in [3.05, 3.63) is 74.2 Å². The number of benzene rings is 1. The summed E-state index contributed by atoms with van der Waals surface area (Å²) in [4.78, 5) is 47.9. The average molecular weight is 358 g/mol. The predicted molar refractivity (Wildman–Crippen MR) is 93.4 cm³/mol. The van der Waals surface area contributed by atoms with Gasteiger partial charge in [0.05, 0.1) is 11.1 Å². The summed E-state index contributed by atoms with van der Waals surface area (Å²) in [6, 6.07) is 10.1. The van der Waals surface area contributed by atoms with E-state index in [-0.39, 0.29) is 0 Å². The van der Waals surface area contributed by atoms with E-state index in [0.717, 1.165) is 22.4 Å². The van der Waals surface area contributed by atoms with E-state index in [4.69, 9.17) is 5.73 Å². The number of hydrogen-bond donors (Lipinski definition) is 1. The number of pyridine rings is 1. The number of nitrogens with two attached hydrogens (primary N) is 1. The average Bonchev–Trinajstić information content (AvgIpc) is 2.61. The van der Waals surface area contributed by atoms with E-state index in [9.17, 15) is 24.5 Å². The quantitative estimate of drug-likeness (QED) is 0.581. The molecule has 26 heavy (non-hydrogen) atoms. The Morgan fingerprint density at radius 2 is 1.92 bits per heavy atom. The van der Waals surface area contributed by atoms with Crippen molar-refractivity contribution < 1.29 is 14.5 Å². The number of nitro groups is 1. The van der Waals surface area contributed by atoms with Crippen LogP contribution in [0.3, 0.4) is 0 Å². The number of rotatable bonds is 7. The van der Waals surface area contributed by atoms with Gasteiger partial charge in [-0.15, -0.1) is 0 Å². The first-order valence-corrected chi connectivity index (χ1v) is 7.83. The smallest absolute Gasteiger partial charge is 0.286 e. The van der Waals surface area contributed by atoms with Crippen LogP contribution in [-0.2, 0) is 17.9 Å². The van der Waals surface area contributed by atoms with E-state index in [1.54, 1.807) is 6.92 Å². The Kier molecular flexibility index (Phi) is 5.84. The van der Waals surface area contributed by atoms with Crippen LogP contribution in [0.15, 0.2) is 47.4 Å². The highest BCUT2D eigenvalue weighted by molar-refractivity contribution is 5.93. The second-order valence-electron chi connectivity index (χ2n) is 5.56. The molecule has 1 heterocycles. The summed E-state index contributed by atoms with van der Waals surface area (Å²) < 4.78 is 0.841. The molecule has 1 aromatic heterocycles. The van der Waals surface area contributed by atoms with Crippen molar-refractivity contribution in [3.8, 4) is 0 Å². The number of carbonyl (C=O) groups is 2. The highest BCUT2D eigenvalue weighted by Gasteiger charge is 2.20. The third-order valence-corrected chi connectivity index (χ3v) is 3.80. The zero-order chi connectivity index (χ0) is 19.3. The van der Waals surface area contributed by atoms with Crippen LogP contribution in [0.4, 0.5) is 5.69 Å². The van der Waals surface area contributed by atoms with Gasteiger partial charge in [-0.05, 0) is 12.5 Å². The highest BCUT2D eigenvalue weighted by Crippen LogP contribution is 2.11. The third-order valence-electron chi connectivity index (χ3n) is 3.80. The molecule has 2 amide bonds. The molecule has 2 N–H and O–H groups in total. The molecule has 0 unspecified atom stereocenters. The van der Waals surface area contributed by atoms with Crippen molar-refractivity contribution in [2.45, 2.75) is 20.0 Å². The summed E-state index contributed by atoms with van der Waals surface area (Å²) in [5.74, 6) is -1.49. The molecule has 0 bridgehead atoms. The minimum atomic E-state index is -1.09.